The molecule has 1 aliphatic carbocycles. The zero-order chi connectivity index (χ0) is 10.7. The van der Waals surface area contributed by atoms with E-state index in [1.165, 1.54) is 24.2 Å². The van der Waals surface area contributed by atoms with Crippen LogP contribution in [0.3, 0.4) is 0 Å². The lowest BCUT2D eigenvalue weighted by molar-refractivity contribution is 0.0742. The van der Waals surface area contributed by atoms with E-state index in [1.807, 2.05) is 10.3 Å². The number of carbonyl (C=O) groups excluding carboxylic acids is 1. The first kappa shape index (κ1) is 10.6. The second kappa shape index (κ2) is 4.75. The molecule has 1 fully saturated rings. The summed E-state index contributed by atoms with van der Waals surface area (Å²) in [6.45, 7) is 3.88. The van der Waals surface area contributed by atoms with E-state index in [0.717, 1.165) is 25.4 Å². The van der Waals surface area contributed by atoms with Crippen LogP contribution in [0, 0.1) is 5.92 Å². The number of thiazole rings is 1. The molecule has 0 spiro atoms. The van der Waals surface area contributed by atoms with Gasteiger partial charge in [0.1, 0.15) is 5.69 Å². The second-order valence-corrected chi connectivity index (χ2v) is 4.79. The summed E-state index contributed by atoms with van der Waals surface area (Å²) in [7, 11) is 0. The summed E-state index contributed by atoms with van der Waals surface area (Å²) in [5.74, 6) is 0.851. The van der Waals surface area contributed by atoms with E-state index < -0.39 is 0 Å². The van der Waals surface area contributed by atoms with Gasteiger partial charge in [0.15, 0.2) is 0 Å². The molecular formula is C11H16N2OS. The molecule has 0 aliphatic heterocycles. The van der Waals surface area contributed by atoms with Gasteiger partial charge in [0.05, 0.1) is 5.51 Å². The van der Waals surface area contributed by atoms with Crippen molar-refractivity contribution in [3.63, 3.8) is 0 Å². The Balaban J connectivity index is 1.99. The molecule has 0 N–H and O–H groups in total. The van der Waals surface area contributed by atoms with Crippen molar-refractivity contribution in [3.8, 4) is 0 Å². The Bertz CT molecular complexity index is 319. The van der Waals surface area contributed by atoms with Gasteiger partial charge in [0.25, 0.3) is 5.91 Å². The van der Waals surface area contributed by atoms with E-state index in [0.29, 0.717) is 5.69 Å². The quantitative estimate of drug-likeness (QED) is 0.769. The summed E-state index contributed by atoms with van der Waals surface area (Å²) in [6, 6.07) is 0. The molecule has 82 valence electrons. The van der Waals surface area contributed by atoms with Crippen LogP contribution in [0.1, 0.15) is 36.7 Å². The summed E-state index contributed by atoms with van der Waals surface area (Å²) in [6.07, 6.45) is 3.58. The Morgan fingerprint density at radius 1 is 1.67 bits per heavy atom. The molecule has 1 aromatic heterocycles. The number of rotatable bonds is 5. The maximum atomic E-state index is 12.0. The maximum Gasteiger partial charge on any atom is 0.273 e. The molecule has 1 heterocycles. The Morgan fingerprint density at radius 2 is 2.47 bits per heavy atom. The van der Waals surface area contributed by atoms with Crippen LogP contribution in [0.25, 0.3) is 0 Å². The second-order valence-electron chi connectivity index (χ2n) is 4.07. The van der Waals surface area contributed by atoms with Gasteiger partial charge in [-0.15, -0.1) is 11.3 Å². The van der Waals surface area contributed by atoms with Crippen molar-refractivity contribution in [2.45, 2.75) is 26.2 Å². The predicted molar refractivity (Wildman–Crippen MR) is 61.0 cm³/mol. The van der Waals surface area contributed by atoms with Crippen molar-refractivity contribution < 1.29 is 4.79 Å². The van der Waals surface area contributed by atoms with Crippen LogP contribution in [0.2, 0.25) is 0 Å². The Kier molecular flexibility index (Phi) is 3.36. The van der Waals surface area contributed by atoms with Gasteiger partial charge in [-0.3, -0.25) is 4.79 Å². The number of hydrogen-bond donors (Lipinski definition) is 0. The van der Waals surface area contributed by atoms with Gasteiger partial charge < -0.3 is 4.90 Å². The summed E-state index contributed by atoms with van der Waals surface area (Å²) < 4.78 is 0. The maximum absolute atomic E-state index is 12.0. The fraction of sp³-hybridized carbons (Fsp3) is 0.636. The highest BCUT2D eigenvalue weighted by Gasteiger charge is 2.27. The molecule has 0 radical (unpaired) electrons. The van der Waals surface area contributed by atoms with E-state index in [9.17, 15) is 4.79 Å². The van der Waals surface area contributed by atoms with Crippen molar-refractivity contribution >= 4 is 17.2 Å². The summed E-state index contributed by atoms with van der Waals surface area (Å²) in [4.78, 5) is 18.1. The van der Waals surface area contributed by atoms with Crippen molar-refractivity contribution in [2.75, 3.05) is 13.1 Å². The molecule has 1 aromatic rings. The minimum absolute atomic E-state index is 0.102. The third-order valence-electron chi connectivity index (χ3n) is 2.61. The largest absolute Gasteiger partial charge is 0.337 e. The van der Waals surface area contributed by atoms with Gasteiger partial charge in [-0.25, -0.2) is 4.98 Å². The van der Waals surface area contributed by atoms with E-state index in [-0.39, 0.29) is 5.91 Å². The molecule has 4 heteroatoms. The molecule has 15 heavy (non-hydrogen) atoms. The molecular weight excluding hydrogens is 208 g/mol. The highest BCUT2D eigenvalue weighted by Crippen LogP contribution is 2.30. The highest BCUT2D eigenvalue weighted by molar-refractivity contribution is 7.07. The molecule has 1 amide bonds. The first-order chi connectivity index (χ1) is 7.31. The highest BCUT2D eigenvalue weighted by atomic mass is 32.1. The molecule has 0 saturated heterocycles. The van der Waals surface area contributed by atoms with Gasteiger partial charge in [-0.05, 0) is 25.2 Å². The fourth-order valence-electron chi connectivity index (χ4n) is 1.64. The summed E-state index contributed by atoms with van der Waals surface area (Å²) in [5.41, 5.74) is 2.32. The molecule has 0 bridgehead atoms. The minimum Gasteiger partial charge on any atom is -0.337 e. The lowest BCUT2D eigenvalue weighted by Gasteiger charge is -2.20. The molecule has 2 rings (SSSR count). The lowest BCUT2D eigenvalue weighted by Crippen LogP contribution is -2.33. The fourth-order valence-corrected chi connectivity index (χ4v) is 2.16. The third-order valence-corrected chi connectivity index (χ3v) is 3.19. The van der Waals surface area contributed by atoms with Crippen molar-refractivity contribution in [3.05, 3.63) is 16.6 Å². The summed E-state index contributed by atoms with van der Waals surface area (Å²) >= 11 is 1.48. The van der Waals surface area contributed by atoms with Gasteiger partial charge in [0, 0.05) is 18.5 Å². The third kappa shape index (κ3) is 2.78. The van der Waals surface area contributed by atoms with Gasteiger partial charge >= 0.3 is 0 Å². The van der Waals surface area contributed by atoms with E-state index in [4.69, 9.17) is 0 Å². The smallest absolute Gasteiger partial charge is 0.273 e. The SMILES string of the molecule is CCCN(CC1CC1)C(=O)c1cscn1. The lowest BCUT2D eigenvalue weighted by atomic mass is 10.3. The predicted octanol–water partition coefficient (Wildman–Crippen LogP) is 2.41. The van der Waals surface area contributed by atoms with Crippen LogP contribution in [0.5, 0.6) is 0 Å². The van der Waals surface area contributed by atoms with Gasteiger partial charge in [-0.1, -0.05) is 6.92 Å². The van der Waals surface area contributed by atoms with Crippen molar-refractivity contribution in [2.24, 2.45) is 5.92 Å². The molecule has 3 nitrogen and oxygen atoms in total. The first-order valence-electron chi connectivity index (χ1n) is 5.48. The van der Waals surface area contributed by atoms with Crippen LogP contribution in [0.15, 0.2) is 10.9 Å². The van der Waals surface area contributed by atoms with Crippen LogP contribution >= 0.6 is 11.3 Å². The van der Waals surface area contributed by atoms with Crippen LogP contribution in [-0.2, 0) is 0 Å². The van der Waals surface area contributed by atoms with Gasteiger partial charge in [-0.2, -0.15) is 0 Å². The Labute approximate surface area is 94.1 Å². The average Bonchev–Trinajstić information content (AvgIpc) is 2.88. The minimum atomic E-state index is 0.102. The first-order valence-corrected chi connectivity index (χ1v) is 6.43. The topological polar surface area (TPSA) is 33.2 Å². The number of amides is 1. The normalized spacial score (nSPS) is 15.3. The number of aromatic nitrogens is 1. The molecule has 0 aromatic carbocycles. The summed E-state index contributed by atoms with van der Waals surface area (Å²) in [5, 5.41) is 1.83. The zero-order valence-corrected chi connectivity index (χ0v) is 9.80. The van der Waals surface area contributed by atoms with Gasteiger partial charge in [0.2, 0.25) is 0 Å². The standard InChI is InChI=1S/C11H16N2OS/c1-2-5-13(6-9-3-4-9)11(14)10-7-15-8-12-10/h7-9H,2-6H2,1H3. The monoisotopic (exact) mass is 224 g/mol. The van der Waals surface area contributed by atoms with E-state index >= 15 is 0 Å². The van der Waals surface area contributed by atoms with Crippen LogP contribution < -0.4 is 0 Å². The Hall–Kier alpha value is -0.900. The molecule has 1 aliphatic rings. The number of hydrogen-bond acceptors (Lipinski definition) is 3. The molecule has 1 saturated carbocycles. The Morgan fingerprint density at radius 3 is 3.00 bits per heavy atom. The van der Waals surface area contributed by atoms with Crippen LogP contribution in [-0.4, -0.2) is 28.9 Å². The van der Waals surface area contributed by atoms with E-state index in [1.54, 1.807) is 5.51 Å². The number of nitrogens with zero attached hydrogens (tertiary/aromatic N) is 2. The molecule has 0 atom stereocenters. The average molecular weight is 224 g/mol. The number of carbonyl (C=O) groups is 1. The van der Waals surface area contributed by atoms with Crippen molar-refractivity contribution in [1.82, 2.24) is 9.88 Å². The zero-order valence-electron chi connectivity index (χ0n) is 8.98. The van der Waals surface area contributed by atoms with Crippen LogP contribution in [0.4, 0.5) is 0 Å². The van der Waals surface area contributed by atoms with E-state index in [2.05, 4.69) is 11.9 Å². The molecule has 0 unspecified atom stereocenters. The van der Waals surface area contributed by atoms with Crippen molar-refractivity contribution in [1.29, 1.82) is 0 Å².